The highest BCUT2D eigenvalue weighted by atomic mass is 16.7. The zero-order chi connectivity index (χ0) is 15.0. The van der Waals surface area contributed by atoms with Crippen LogP contribution in [-0.4, -0.2) is 22.7 Å². The summed E-state index contributed by atoms with van der Waals surface area (Å²) < 4.78 is 11.1. The summed E-state index contributed by atoms with van der Waals surface area (Å²) in [5.41, 5.74) is 1.73. The van der Waals surface area contributed by atoms with Crippen LogP contribution >= 0.6 is 0 Å². The minimum Gasteiger partial charge on any atom is -0.415 e. The highest BCUT2D eigenvalue weighted by Gasteiger charge is 2.52. The molecule has 0 spiro atoms. The van der Waals surface area contributed by atoms with Gasteiger partial charge in [-0.05, 0) is 37.8 Å². The van der Waals surface area contributed by atoms with Gasteiger partial charge in [0, 0.05) is 30.0 Å². The Hall–Kier alpha value is -2.17. The van der Waals surface area contributed by atoms with Crippen LogP contribution in [0, 0.1) is 5.92 Å². The van der Waals surface area contributed by atoms with Gasteiger partial charge in [-0.15, -0.1) is 0 Å². The van der Waals surface area contributed by atoms with Crippen molar-refractivity contribution in [3.63, 3.8) is 0 Å². The molecule has 5 nitrogen and oxygen atoms in total. The number of ether oxygens (including phenoxy) is 2. The number of carbonyl (C=O) groups excluding carboxylic acids is 2. The molecule has 1 fully saturated rings. The molecule has 0 aromatic carbocycles. The van der Waals surface area contributed by atoms with E-state index >= 15 is 0 Å². The van der Waals surface area contributed by atoms with Gasteiger partial charge < -0.3 is 9.47 Å². The van der Waals surface area contributed by atoms with Crippen molar-refractivity contribution in [2.75, 3.05) is 0 Å². The maximum atomic E-state index is 12.3. The van der Waals surface area contributed by atoms with Gasteiger partial charge in [0.05, 0.1) is 5.56 Å². The number of nitrogens with zero attached hydrogens (tertiary/aromatic N) is 1. The van der Waals surface area contributed by atoms with Crippen molar-refractivity contribution in [1.29, 1.82) is 0 Å². The average molecular weight is 287 g/mol. The standard InChI is InChI=1S/C16H17NO4/c1-10-5-6-13-11(2)14(18)20-16(13,8-10)21-15(19)12-4-3-7-17-9-12/h3-4,7,9-10H,5-6,8H2,1-2H3/t10-,16+/m1/s1. The summed E-state index contributed by atoms with van der Waals surface area (Å²) in [4.78, 5) is 28.1. The van der Waals surface area contributed by atoms with Gasteiger partial charge in [-0.3, -0.25) is 4.98 Å². The Kier molecular flexibility index (Phi) is 3.27. The number of aromatic nitrogens is 1. The molecule has 0 unspecified atom stereocenters. The molecule has 0 bridgehead atoms. The normalized spacial score (nSPS) is 28.1. The number of rotatable bonds is 2. The summed E-state index contributed by atoms with van der Waals surface area (Å²) in [5, 5.41) is 0. The van der Waals surface area contributed by atoms with E-state index in [1.165, 1.54) is 6.20 Å². The number of esters is 2. The van der Waals surface area contributed by atoms with Crippen LogP contribution in [0.3, 0.4) is 0 Å². The van der Waals surface area contributed by atoms with E-state index in [0.29, 0.717) is 23.5 Å². The highest BCUT2D eigenvalue weighted by molar-refractivity contribution is 5.94. The Balaban J connectivity index is 1.91. The predicted molar refractivity (Wildman–Crippen MR) is 74.2 cm³/mol. The molecule has 0 N–H and O–H groups in total. The molecule has 2 atom stereocenters. The lowest BCUT2D eigenvalue weighted by Crippen LogP contribution is -2.42. The van der Waals surface area contributed by atoms with Crippen molar-refractivity contribution in [2.45, 2.75) is 38.9 Å². The van der Waals surface area contributed by atoms with E-state index in [-0.39, 0.29) is 0 Å². The Bertz CT molecular complexity index is 622. The second-order valence-electron chi connectivity index (χ2n) is 5.73. The minimum absolute atomic E-state index is 0.328. The number of pyridine rings is 1. The monoisotopic (exact) mass is 287 g/mol. The van der Waals surface area contributed by atoms with Crippen LogP contribution in [0.4, 0.5) is 0 Å². The van der Waals surface area contributed by atoms with Crippen molar-refractivity contribution >= 4 is 11.9 Å². The van der Waals surface area contributed by atoms with Gasteiger partial charge in [0.1, 0.15) is 0 Å². The summed E-state index contributed by atoms with van der Waals surface area (Å²) >= 11 is 0. The first kappa shape index (κ1) is 13.8. The lowest BCUT2D eigenvalue weighted by atomic mass is 9.81. The summed E-state index contributed by atoms with van der Waals surface area (Å²) in [6.07, 6.45) is 5.23. The fourth-order valence-electron chi connectivity index (χ4n) is 3.01. The first-order valence-corrected chi connectivity index (χ1v) is 7.09. The maximum absolute atomic E-state index is 12.3. The maximum Gasteiger partial charge on any atom is 0.343 e. The summed E-state index contributed by atoms with van der Waals surface area (Å²) in [5.74, 6) is -1.80. The Morgan fingerprint density at radius 3 is 3.05 bits per heavy atom. The SMILES string of the molecule is CC1=C2CC[C@@H](C)C[C@@]2(OC(=O)c2cccnc2)OC1=O. The highest BCUT2D eigenvalue weighted by Crippen LogP contribution is 2.46. The van der Waals surface area contributed by atoms with Crippen LogP contribution in [0.1, 0.15) is 43.5 Å². The molecule has 1 aliphatic heterocycles. The Morgan fingerprint density at radius 1 is 1.52 bits per heavy atom. The van der Waals surface area contributed by atoms with Gasteiger partial charge in [-0.1, -0.05) is 6.92 Å². The van der Waals surface area contributed by atoms with Crippen molar-refractivity contribution < 1.29 is 19.1 Å². The van der Waals surface area contributed by atoms with Crippen molar-refractivity contribution in [1.82, 2.24) is 4.98 Å². The third kappa shape index (κ3) is 2.33. The van der Waals surface area contributed by atoms with Crippen LogP contribution in [-0.2, 0) is 14.3 Å². The molecule has 2 aliphatic rings. The average Bonchev–Trinajstić information content (AvgIpc) is 2.70. The molecule has 2 heterocycles. The Labute approximate surface area is 123 Å². The van der Waals surface area contributed by atoms with E-state index in [1.807, 2.05) is 0 Å². The lowest BCUT2D eigenvalue weighted by Gasteiger charge is -2.36. The second kappa shape index (κ2) is 4.98. The van der Waals surface area contributed by atoms with E-state index in [1.54, 1.807) is 25.3 Å². The zero-order valence-corrected chi connectivity index (χ0v) is 12.1. The molecule has 0 radical (unpaired) electrons. The third-order valence-corrected chi connectivity index (χ3v) is 4.14. The first-order valence-electron chi connectivity index (χ1n) is 7.09. The van der Waals surface area contributed by atoms with Crippen molar-refractivity contribution in [3.8, 4) is 0 Å². The van der Waals surface area contributed by atoms with Crippen LogP contribution in [0.5, 0.6) is 0 Å². The molecule has 110 valence electrons. The number of carbonyl (C=O) groups is 2. The van der Waals surface area contributed by atoms with E-state index < -0.39 is 17.7 Å². The number of hydrogen-bond donors (Lipinski definition) is 0. The van der Waals surface area contributed by atoms with Gasteiger partial charge >= 0.3 is 11.9 Å². The Morgan fingerprint density at radius 2 is 2.33 bits per heavy atom. The smallest absolute Gasteiger partial charge is 0.343 e. The van der Waals surface area contributed by atoms with Crippen molar-refractivity contribution in [3.05, 3.63) is 41.2 Å². The minimum atomic E-state index is -1.22. The van der Waals surface area contributed by atoms with Gasteiger partial charge in [0.2, 0.25) is 0 Å². The molecule has 21 heavy (non-hydrogen) atoms. The van der Waals surface area contributed by atoms with Gasteiger partial charge in [0.25, 0.3) is 5.79 Å². The number of fused-ring (bicyclic) bond motifs is 1. The summed E-state index contributed by atoms with van der Waals surface area (Å²) in [6, 6.07) is 3.30. The molecule has 5 heteroatoms. The van der Waals surface area contributed by atoms with E-state index in [2.05, 4.69) is 11.9 Å². The van der Waals surface area contributed by atoms with Crippen LogP contribution < -0.4 is 0 Å². The van der Waals surface area contributed by atoms with E-state index in [9.17, 15) is 9.59 Å². The quantitative estimate of drug-likeness (QED) is 0.782. The molecule has 0 amide bonds. The molecule has 1 aliphatic carbocycles. The summed E-state index contributed by atoms with van der Waals surface area (Å²) in [6.45, 7) is 3.80. The number of hydrogen-bond acceptors (Lipinski definition) is 5. The topological polar surface area (TPSA) is 65.5 Å². The third-order valence-electron chi connectivity index (χ3n) is 4.14. The van der Waals surface area contributed by atoms with E-state index in [0.717, 1.165) is 18.4 Å². The molecule has 1 aromatic rings. The zero-order valence-electron chi connectivity index (χ0n) is 12.1. The lowest BCUT2D eigenvalue weighted by molar-refractivity contribution is -0.191. The fraction of sp³-hybridized carbons (Fsp3) is 0.438. The second-order valence-corrected chi connectivity index (χ2v) is 5.73. The van der Waals surface area contributed by atoms with Crippen molar-refractivity contribution in [2.24, 2.45) is 5.92 Å². The molecule has 1 aromatic heterocycles. The molecular formula is C16H17NO4. The predicted octanol–water partition coefficient (Wildman–Crippen LogP) is 2.63. The molecule has 1 saturated carbocycles. The largest absolute Gasteiger partial charge is 0.415 e. The first-order chi connectivity index (χ1) is 10.0. The summed E-state index contributed by atoms with van der Waals surface area (Å²) in [7, 11) is 0. The van der Waals surface area contributed by atoms with Gasteiger partial charge in [0.15, 0.2) is 0 Å². The molecule has 3 rings (SSSR count). The van der Waals surface area contributed by atoms with Crippen LogP contribution in [0.25, 0.3) is 0 Å². The van der Waals surface area contributed by atoms with Gasteiger partial charge in [-0.25, -0.2) is 9.59 Å². The van der Waals surface area contributed by atoms with Crippen LogP contribution in [0.15, 0.2) is 35.7 Å². The molecular weight excluding hydrogens is 270 g/mol. The van der Waals surface area contributed by atoms with Crippen LogP contribution in [0.2, 0.25) is 0 Å². The molecule has 0 saturated heterocycles. The van der Waals surface area contributed by atoms with E-state index in [4.69, 9.17) is 9.47 Å². The van der Waals surface area contributed by atoms with Gasteiger partial charge in [-0.2, -0.15) is 0 Å². The fourth-order valence-corrected chi connectivity index (χ4v) is 3.01.